The number of benzene rings is 1. The summed E-state index contributed by atoms with van der Waals surface area (Å²) in [4.78, 5) is 1.28. The van der Waals surface area contributed by atoms with Crippen LogP contribution in [0.3, 0.4) is 0 Å². The molecule has 1 aromatic heterocycles. The monoisotopic (exact) mass is 346 g/mol. The van der Waals surface area contributed by atoms with Crippen LogP contribution in [-0.2, 0) is 0 Å². The Morgan fingerprint density at radius 1 is 1.22 bits per heavy atom. The fourth-order valence-corrected chi connectivity index (χ4v) is 3.44. The van der Waals surface area contributed by atoms with Crippen molar-refractivity contribution in [2.45, 2.75) is 4.83 Å². The third-order valence-corrected chi connectivity index (χ3v) is 5.15. The van der Waals surface area contributed by atoms with Gasteiger partial charge in [0, 0.05) is 10.3 Å². The molecule has 0 saturated carbocycles. The van der Waals surface area contributed by atoms with E-state index in [9.17, 15) is 0 Å². The minimum atomic E-state index is 0.106. The molecule has 1 aromatic carbocycles. The second-order valence-electron chi connectivity index (χ2n) is 3.65. The van der Waals surface area contributed by atoms with Gasteiger partial charge in [-0.25, -0.2) is 0 Å². The molecule has 18 heavy (non-hydrogen) atoms. The van der Waals surface area contributed by atoms with Gasteiger partial charge in [-0.1, -0.05) is 33.6 Å². The molecule has 0 aliphatic rings. The van der Waals surface area contributed by atoms with Crippen molar-refractivity contribution in [3.8, 4) is 11.5 Å². The first-order valence-corrected chi connectivity index (χ1v) is 7.43. The summed E-state index contributed by atoms with van der Waals surface area (Å²) in [5.74, 6) is 1.56. The summed E-state index contributed by atoms with van der Waals surface area (Å²) < 4.78 is 10.3. The quantitative estimate of drug-likeness (QED) is 0.732. The Morgan fingerprint density at radius 2 is 2.00 bits per heavy atom. The molecule has 2 rings (SSSR count). The number of hydrogen-bond donors (Lipinski definition) is 0. The van der Waals surface area contributed by atoms with Gasteiger partial charge in [-0.05, 0) is 23.8 Å². The highest BCUT2D eigenvalue weighted by atomic mass is 79.9. The van der Waals surface area contributed by atoms with Crippen molar-refractivity contribution in [1.82, 2.24) is 0 Å². The van der Waals surface area contributed by atoms with Crippen LogP contribution in [0, 0.1) is 0 Å². The minimum Gasteiger partial charge on any atom is -0.496 e. The molecule has 1 unspecified atom stereocenters. The van der Waals surface area contributed by atoms with E-state index < -0.39 is 0 Å². The van der Waals surface area contributed by atoms with E-state index in [2.05, 4.69) is 15.9 Å². The highest BCUT2D eigenvalue weighted by Gasteiger charge is 2.14. The zero-order chi connectivity index (χ0) is 13.1. The summed E-state index contributed by atoms with van der Waals surface area (Å²) in [6.45, 7) is 0. The van der Waals surface area contributed by atoms with Crippen LogP contribution in [0.25, 0.3) is 0 Å². The standard InChI is InChI=1S/C13H12BrClO2S/c1-16-9-6-12(18-7-9)13(14)8-3-4-11(17-2)10(15)5-8/h3-7,13H,1-2H3. The number of hydrogen-bond acceptors (Lipinski definition) is 3. The van der Waals surface area contributed by atoms with Gasteiger partial charge < -0.3 is 9.47 Å². The number of alkyl halides is 1. The summed E-state index contributed by atoms with van der Waals surface area (Å²) >= 11 is 11.4. The number of ether oxygens (including phenoxy) is 2. The summed E-state index contributed by atoms with van der Waals surface area (Å²) in [6, 6.07) is 7.79. The van der Waals surface area contributed by atoms with Gasteiger partial charge in [0.2, 0.25) is 0 Å². The normalized spacial score (nSPS) is 12.2. The Bertz CT molecular complexity index is 542. The molecule has 2 aromatic rings. The lowest BCUT2D eigenvalue weighted by Gasteiger charge is -2.10. The van der Waals surface area contributed by atoms with Crippen LogP contribution < -0.4 is 9.47 Å². The summed E-state index contributed by atoms with van der Waals surface area (Å²) in [7, 11) is 3.27. The van der Waals surface area contributed by atoms with Crippen molar-refractivity contribution in [3.63, 3.8) is 0 Å². The van der Waals surface area contributed by atoms with Crippen LogP contribution in [0.1, 0.15) is 15.3 Å². The van der Waals surface area contributed by atoms with Crippen molar-refractivity contribution in [1.29, 1.82) is 0 Å². The summed E-state index contributed by atoms with van der Waals surface area (Å²) in [5, 5.41) is 2.59. The van der Waals surface area contributed by atoms with Crippen molar-refractivity contribution >= 4 is 38.9 Å². The van der Waals surface area contributed by atoms with Crippen molar-refractivity contribution in [3.05, 3.63) is 45.1 Å². The molecule has 0 N–H and O–H groups in total. The smallest absolute Gasteiger partial charge is 0.137 e. The van der Waals surface area contributed by atoms with Gasteiger partial charge in [-0.15, -0.1) is 11.3 Å². The summed E-state index contributed by atoms with van der Waals surface area (Å²) in [6.07, 6.45) is 0. The number of rotatable bonds is 4. The average molecular weight is 348 g/mol. The average Bonchev–Trinajstić information content (AvgIpc) is 2.86. The Labute approximate surface area is 124 Å². The van der Waals surface area contributed by atoms with E-state index in [1.54, 1.807) is 25.6 Å². The molecule has 1 atom stereocenters. The topological polar surface area (TPSA) is 18.5 Å². The molecular weight excluding hydrogens is 336 g/mol. The molecule has 0 radical (unpaired) electrons. The van der Waals surface area contributed by atoms with Crippen LogP contribution in [0.2, 0.25) is 5.02 Å². The van der Waals surface area contributed by atoms with E-state index in [4.69, 9.17) is 21.1 Å². The van der Waals surface area contributed by atoms with E-state index in [0.29, 0.717) is 10.8 Å². The second-order valence-corrected chi connectivity index (χ2v) is 5.91. The Balaban J connectivity index is 2.27. The van der Waals surface area contributed by atoms with Gasteiger partial charge in [-0.3, -0.25) is 0 Å². The SMILES string of the molecule is COc1csc(C(Br)c2ccc(OC)c(Cl)c2)c1. The van der Waals surface area contributed by atoms with E-state index >= 15 is 0 Å². The molecule has 0 aliphatic heterocycles. The fourth-order valence-electron chi connectivity index (χ4n) is 1.58. The van der Waals surface area contributed by atoms with Gasteiger partial charge in [-0.2, -0.15) is 0 Å². The first-order chi connectivity index (χ1) is 8.65. The van der Waals surface area contributed by atoms with Gasteiger partial charge in [0.25, 0.3) is 0 Å². The first kappa shape index (κ1) is 13.7. The molecule has 1 heterocycles. The van der Waals surface area contributed by atoms with Crippen molar-refractivity contribution in [2.24, 2.45) is 0 Å². The first-order valence-electron chi connectivity index (χ1n) is 5.25. The Kier molecular flexibility index (Phi) is 4.54. The largest absolute Gasteiger partial charge is 0.496 e. The second kappa shape index (κ2) is 5.95. The van der Waals surface area contributed by atoms with Gasteiger partial charge >= 0.3 is 0 Å². The van der Waals surface area contributed by atoms with Gasteiger partial charge in [0.15, 0.2) is 0 Å². The highest BCUT2D eigenvalue weighted by molar-refractivity contribution is 9.09. The predicted octanol–water partition coefficient (Wildman–Crippen LogP) is 4.90. The molecule has 0 spiro atoms. The number of thiophene rings is 1. The maximum atomic E-state index is 6.13. The van der Waals surface area contributed by atoms with Gasteiger partial charge in [0.1, 0.15) is 11.5 Å². The zero-order valence-corrected chi connectivity index (χ0v) is 13.1. The number of halogens is 2. The lowest BCUT2D eigenvalue weighted by Crippen LogP contribution is -1.91. The van der Waals surface area contributed by atoms with Crippen LogP contribution in [0.15, 0.2) is 29.6 Å². The maximum Gasteiger partial charge on any atom is 0.137 e. The molecule has 5 heteroatoms. The van der Waals surface area contributed by atoms with Gasteiger partial charge in [0.05, 0.1) is 24.1 Å². The molecular formula is C13H12BrClO2S. The van der Waals surface area contributed by atoms with E-state index in [1.807, 2.05) is 29.6 Å². The number of methoxy groups -OCH3 is 2. The summed E-state index contributed by atoms with van der Waals surface area (Å²) in [5.41, 5.74) is 1.09. The van der Waals surface area contributed by atoms with E-state index in [0.717, 1.165) is 11.3 Å². The molecule has 0 saturated heterocycles. The molecule has 0 amide bonds. The Morgan fingerprint density at radius 3 is 2.56 bits per heavy atom. The maximum absolute atomic E-state index is 6.13. The van der Waals surface area contributed by atoms with Crippen molar-refractivity contribution < 1.29 is 9.47 Å². The van der Waals surface area contributed by atoms with Crippen LogP contribution >= 0.6 is 38.9 Å². The highest BCUT2D eigenvalue weighted by Crippen LogP contribution is 2.39. The lowest BCUT2D eigenvalue weighted by molar-refractivity contribution is 0.415. The molecule has 0 aliphatic carbocycles. The molecule has 2 nitrogen and oxygen atoms in total. The zero-order valence-electron chi connectivity index (χ0n) is 9.94. The third kappa shape index (κ3) is 2.82. The van der Waals surface area contributed by atoms with E-state index in [1.165, 1.54) is 4.88 Å². The molecule has 0 bridgehead atoms. The fraction of sp³-hybridized carbons (Fsp3) is 0.231. The predicted molar refractivity (Wildman–Crippen MR) is 79.6 cm³/mol. The van der Waals surface area contributed by atoms with Crippen LogP contribution in [-0.4, -0.2) is 14.2 Å². The lowest BCUT2D eigenvalue weighted by atomic mass is 10.1. The third-order valence-electron chi connectivity index (χ3n) is 2.55. The van der Waals surface area contributed by atoms with Crippen LogP contribution in [0.5, 0.6) is 11.5 Å². The molecule has 96 valence electrons. The van der Waals surface area contributed by atoms with E-state index in [-0.39, 0.29) is 4.83 Å². The Hall–Kier alpha value is -0.710. The minimum absolute atomic E-state index is 0.106. The molecule has 0 fully saturated rings. The van der Waals surface area contributed by atoms with Crippen LogP contribution in [0.4, 0.5) is 0 Å². The van der Waals surface area contributed by atoms with Crippen molar-refractivity contribution in [2.75, 3.05) is 14.2 Å².